The van der Waals surface area contributed by atoms with E-state index in [2.05, 4.69) is 0 Å². The number of amides is 1. The van der Waals surface area contributed by atoms with Gasteiger partial charge >= 0.3 is 0 Å². The Hall–Kier alpha value is -1.55. The summed E-state index contributed by atoms with van der Waals surface area (Å²) in [5.74, 6) is 1.29. The van der Waals surface area contributed by atoms with Crippen LogP contribution in [0, 0.1) is 19.8 Å². The van der Waals surface area contributed by atoms with Crippen molar-refractivity contribution in [3.63, 3.8) is 0 Å². The van der Waals surface area contributed by atoms with Crippen LogP contribution in [0.2, 0.25) is 0 Å². The maximum atomic E-state index is 12.3. The molecule has 4 heteroatoms. The van der Waals surface area contributed by atoms with Gasteiger partial charge < -0.3 is 15.4 Å². The van der Waals surface area contributed by atoms with Crippen molar-refractivity contribution in [3.05, 3.63) is 29.3 Å². The second-order valence-electron chi connectivity index (χ2n) is 6.11. The van der Waals surface area contributed by atoms with E-state index in [9.17, 15) is 4.79 Å². The number of para-hydroxylation sites is 1. The Morgan fingerprint density at radius 2 is 2.10 bits per heavy atom. The molecular formula is C17H26N2O2. The molecule has 1 amide bonds. The Balaban J connectivity index is 1.93. The number of hydrogen-bond donors (Lipinski definition) is 1. The van der Waals surface area contributed by atoms with Gasteiger partial charge in [-0.25, -0.2) is 0 Å². The van der Waals surface area contributed by atoms with Crippen LogP contribution < -0.4 is 10.5 Å². The Kier molecular flexibility index (Phi) is 5.23. The molecule has 0 spiro atoms. The van der Waals surface area contributed by atoms with Gasteiger partial charge in [-0.05, 0) is 50.7 Å². The molecule has 1 aliphatic rings. The van der Waals surface area contributed by atoms with Crippen molar-refractivity contribution in [1.29, 1.82) is 0 Å². The predicted molar refractivity (Wildman–Crippen MR) is 84.4 cm³/mol. The van der Waals surface area contributed by atoms with E-state index >= 15 is 0 Å². The largest absolute Gasteiger partial charge is 0.483 e. The fraction of sp³-hybridized carbons (Fsp3) is 0.588. The lowest BCUT2D eigenvalue weighted by Gasteiger charge is -2.34. The fourth-order valence-corrected chi connectivity index (χ4v) is 2.92. The quantitative estimate of drug-likeness (QED) is 0.925. The van der Waals surface area contributed by atoms with Gasteiger partial charge in [0.2, 0.25) is 0 Å². The summed E-state index contributed by atoms with van der Waals surface area (Å²) in [5, 5.41) is 0. The topological polar surface area (TPSA) is 55.6 Å². The molecule has 1 heterocycles. The van der Waals surface area contributed by atoms with Crippen LogP contribution in [0.4, 0.5) is 0 Å². The number of piperidine rings is 1. The summed E-state index contributed by atoms with van der Waals surface area (Å²) in [5.41, 5.74) is 8.09. The molecule has 4 nitrogen and oxygen atoms in total. The van der Waals surface area contributed by atoms with Gasteiger partial charge in [0.1, 0.15) is 5.75 Å². The van der Waals surface area contributed by atoms with Crippen LogP contribution >= 0.6 is 0 Å². The van der Waals surface area contributed by atoms with Crippen molar-refractivity contribution >= 4 is 5.91 Å². The number of carbonyl (C=O) groups excluding carboxylic acids is 1. The molecule has 2 rings (SSSR count). The second kappa shape index (κ2) is 6.94. The van der Waals surface area contributed by atoms with E-state index in [-0.39, 0.29) is 18.6 Å². The Labute approximate surface area is 127 Å². The highest BCUT2D eigenvalue weighted by atomic mass is 16.5. The number of ether oxygens (including phenoxy) is 1. The predicted octanol–water partition coefficient (Wildman–Crippen LogP) is 2.27. The van der Waals surface area contributed by atoms with E-state index < -0.39 is 0 Å². The van der Waals surface area contributed by atoms with Crippen molar-refractivity contribution in [2.45, 2.75) is 39.7 Å². The van der Waals surface area contributed by atoms with Crippen molar-refractivity contribution in [2.75, 3.05) is 19.7 Å². The smallest absolute Gasteiger partial charge is 0.260 e. The van der Waals surface area contributed by atoms with Crippen LogP contribution in [0.25, 0.3) is 0 Å². The first-order valence-electron chi connectivity index (χ1n) is 7.71. The van der Waals surface area contributed by atoms with Crippen molar-refractivity contribution < 1.29 is 9.53 Å². The molecule has 1 aliphatic heterocycles. The minimum Gasteiger partial charge on any atom is -0.483 e. The molecule has 1 aromatic carbocycles. The van der Waals surface area contributed by atoms with E-state index in [0.717, 1.165) is 42.8 Å². The number of nitrogens with two attached hydrogens (primary N) is 1. The van der Waals surface area contributed by atoms with Gasteiger partial charge in [-0.2, -0.15) is 0 Å². The molecule has 0 unspecified atom stereocenters. The monoisotopic (exact) mass is 290 g/mol. The molecule has 0 radical (unpaired) electrons. The van der Waals surface area contributed by atoms with Crippen LogP contribution in [0.15, 0.2) is 18.2 Å². The maximum Gasteiger partial charge on any atom is 0.260 e. The number of rotatable bonds is 4. The number of benzene rings is 1. The maximum absolute atomic E-state index is 12.3. The van der Waals surface area contributed by atoms with Gasteiger partial charge in [0.25, 0.3) is 5.91 Å². The summed E-state index contributed by atoms with van der Waals surface area (Å²) in [6, 6.07) is 6.14. The lowest BCUT2D eigenvalue weighted by Crippen LogP contribution is -2.46. The first-order chi connectivity index (χ1) is 9.99. The highest BCUT2D eigenvalue weighted by Gasteiger charge is 2.26. The molecule has 21 heavy (non-hydrogen) atoms. The van der Waals surface area contributed by atoms with E-state index in [4.69, 9.17) is 10.5 Å². The highest BCUT2D eigenvalue weighted by Crippen LogP contribution is 2.23. The molecular weight excluding hydrogens is 264 g/mol. The SMILES string of the molecule is Cc1cccc(C)c1OCC(=O)N1CCC[C@@H]([C@@H](C)N)C1. The summed E-state index contributed by atoms with van der Waals surface area (Å²) in [6.07, 6.45) is 2.14. The zero-order valence-electron chi connectivity index (χ0n) is 13.3. The average Bonchev–Trinajstić information content (AvgIpc) is 2.46. The second-order valence-corrected chi connectivity index (χ2v) is 6.11. The Bertz CT molecular complexity index is 479. The minimum absolute atomic E-state index is 0.0583. The first kappa shape index (κ1) is 15.8. The molecule has 1 fully saturated rings. The third-order valence-electron chi connectivity index (χ3n) is 4.30. The van der Waals surface area contributed by atoms with Crippen molar-refractivity contribution in [1.82, 2.24) is 4.90 Å². The van der Waals surface area contributed by atoms with Gasteiger partial charge in [0.15, 0.2) is 6.61 Å². The van der Waals surface area contributed by atoms with Gasteiger partial charge in [0, 0.05) is 19.1 Å². The third-order valence-corrected chi connectivity index (χ3v) is 4.30. The minimum atomic E-state index is 0.0583. The summed E-state index contributed by atoms with van der Waals surface area (Å²) in [6.45, 7) is 7.70. The number of aryl methyl sites for hydroxylation is 2. The zero-order chi connectivity index (χ0) is 15.4. The molecule has 0 aliphatic carbocycles. The Morgan fingerprint density at radius 3 is 2.71 bits per heavy atom. The Morgan fingerprint density at radius 1 is 1.43 bits per heavy atom. The van der Waals surface area contributed by atoms with Crippen molar-refractivity contribution in [2.24, 2.45) is 11.7 Å². The van der Waals surface area contributed by atoms with Crippen LogP contribution in [0.1, 0.15) is 30.9 Å². The molecule has 0 saturated carbocycles. The summed E-state index contributed by atoms with van der Waals surface area (Å²) < 4.78 is 5.76. The summed E-state index contributed by atoms with van der Waals surface area (Å²) in [7, 11) is 0. The van der Waals surface area contributed by atoms with Gasteiger partial charge in [-0.3, -0.25) is 4.79 Å². The zero-order valence-corrected chi connectivity index (χ0v) is 13.3. The molecule has 0 aromatic heterocycles. The lowest BCUT2D eigenvalue weighted by atomic mass is 9.92. The van der Waals surface area contributed by atoms with Crippen LogP contribution in [-0.2, 0) is 4.79 Å². The van der Waals surface area contributed by atoms with E-state index in [1.807, 2.05) is 43.9 Å². The molecule has 116 valence electrons. The summed E-state index contributed by atoms with van der Waals surface area (Å²) in [4.78, 5) is 14.2. The van der Waals surface area contributed by atoms with E-state index in [1.165, 1.54) is 0 Å². The van der Waals surface area contributed by atoms with Crippen LogP contribution in [-0.4, -0.2) is 36.5 Å². The third kappa shape index (κ3) is 3.97. The van der Waals surface area contributed by atoms with E-state index in [0.29, 0.717) is 5.92 Å². The number of hydrogen-bond acceptors (Lipinski definition) is 3. The number of likely N-dealkylation sites (tertiary alicyclic amines) is 1. The molecule has 2 atom stereocenters. The van der Waals surface area contributed by atoms with Gasteiger partial charge in [-0.1, -0.05) is 18.2 Å². The molecule has 2 N–H and O–H groups in total. The van der Waals surface area contributed by atoms with Crippen LogP contribution in [0.3, 0.4) is 0 Å². The molecule has 1 aromatic rings. The normalized spacial score (nSPS) is 20.2. The molecule has 1 saturated heterocycles. The van der Waals surface area contributed by atoms with Crippen molar-refractivity contribution in [3.8, 4) is 5.75 Å². The van der Waals surface area contributed by atoms with Gasteiger partial charge in [0.05, 0.1) is 0 Å². The highest BCUT2D eigenvalue weighted by molar-refractivity contribution is 5.78. The standard InChI is InChI=1S/C17H26N2O2/c1-12-6-4-7-13(2)17(12)21-11-16(20)19-9-5-8-15(10-19)14(3)18/h4,6-7,14-15H,5,8-11,18H2,1-3H3/t14-,15-/m1/s1. The average molecular weight is 290 g/mol. The van der Waals surface area contributed by atoms with Gasteiger partial charge in [-0.15, -0.1) is 0 Å². The first-order valence-corrected chi connectivity index (χ1v) is 7.71. The molecule has 0 bridgehead atoms. The lowest BCUT2D eigenvalue weighted by molar-refractivity contribution is -0.135. The summed E-state index contributed by atoms with van der Waals surface area (Å²) >= 11 is 0. The van der Waals surface area contributed by atoms with Crippen LogP contribution in [0.5, 0.6) is 5.75 Å². The van der Waals surface area contributed by atoms with E-state index in [1.54, 1.807) is 0 Å². The fourth-order valence-electron chi connectivity index (χ4n) is 2.92. The number of nitrogens with zero attached hydrogens (tertiary/aromatic N) is 1. The number of carbonyl (C=O) groups is 1.